The molecule has 0 spiro atoms. The van der Waals surface area contributed by atoms with Gasteiger partial charge in [-0.1, -0.05) is 0 Å². The molecule has 8 rings (SSSR count). The molecule has 2 amide bonds. The zero-order valence-electron chi connectivity index (χ0n) is 44.1. The van der Waals surface area contributed by atoms with E-state index in [4.69, 9.17) is 18.3 Å². The van der Waals surface area contributed by atoms with E-state index < -0.39 is 43.2 Å². The molecule has 0 saturated carbocycles. The minimum atomic E-state index is -3.55. The van der Waals surface area contributed by atoms with Crippen LogP contribution in [0.15, 0.2) is 203 Å². The number of carbonyl (C=O) groups is 2. The Morgan fingerprint density at radius 1 is 0.444 bits per heavy atom. The van der Waals surface area contributed by atoms with E-state index in [0.29, 0.717) is 39.5 Å². The van der Waals surface area contributed by atoms with Crippen molar-refractivity contribution in [3.05, 3.63) is 203 Å². The molecular weight excluding hydrogens is 1050 g/mol. The molecule has 0 bridgehead atoms. The Balaban J connectivity index is 0.000000211. The molecule has 0 atom stereocenters. The van der Waals surface area contributed by atoms with Gasteiger partial charge in [0, 0.05) is 0 Å². The van der Waals surface area contributed by atoms with Crippen LogP contribution in [0.2, 0.25) is 36.3 Å². The van der Waals surface area contributed by atoms with Crippen LogP contribution in [-0.4, -0.2) is 105 Å². The van der Waals surface area contributed by atoms with Crippen LogP contribution in [0.1, 0.15) is 41.5 Å². The third kappa shape index (κ3) is 11.9. The molecule has 0 unspecified atom stereocenters. The van der Waals surface area contributed by atoms with E-state index in [1.54, 1.807) is 9.80 Å². The molecule has 6 aromatic carbocycles. The van der Waals surface area contributed by atoms with E-state index in [1.165, 1.54) is 35.2 Å². The van der Waals surface area contributed by atoms with Crippen LogP contribution >= 0.6 is 0 Å². The molecule has 2 aliphatic rings. The molecule has 12 heteroatoms. The fourth-order valence-electron chi connectivity index (χ4n) is 9.10. The molecule has 72 heavy (non-hydrogen) atoms. The maximum absolute atomic E-state index is 12.7. The Bertz CT molecular complexity index is 2380. The summed E-state index contributed by atoms with van der Waals surface area (Å²) in [6.45, 7) is 25.6. The first-order valence-electron chi connectivity index (χ1n) is 25.2. The summed E-state index contributed by atoms with van der Waals surface area (Å²) in [5, 5.41) is 0.152. The molecule has 2 saturated heterocycles. The van der Waals surface area contributed by atoms with Gasteiger partial charge in [-0.05, 0) is 0 Å². The second kappa shape index (κ2) is 23.3. The van der Waals surface area contributed by atoms with Crippen molar-refractivity contribution in [2.45, 2.75) is 77.8 Å². The van der Waals surface area contributed by atoms with Crippen molar-refractivity contribution in [2.75, 3.05) is 39.5 Å². The molecule has 2 heterocycles. The van der Waals surface area contributed by atoms with Crippen molar-refractivity contribution < 1.29 is 27.9 Å². The van der Waals surface area contributed by atoms with Gasteiger partial charge >= 0.3 is 440 Å². The van der Waals surface area contributed by atoms with Crippen LogP contribution in [0.3, 0.4) is 0 Å². The van der Waals surface area contributed by atoms with Gasteiger partial charge in [-0.25, -0.2) is 0 Å². The Morgan fingerprint density at radius 2 is 0.667 bits per heavy atom. The Kier molecular flexibility index (Phi) is 17.7. The average Bonchev–Trinajstić information content (AvgIpc) is 3.99. The van der Waals surface area contributed by atoms with Gasteiger partial charge in [0.05, 0.1) is 0 Å². The van der Waals surface area contributed by atoms with E-state index in [9.17, 15) is 9.59 Å². The quantitative estimate of drug-likeness (QED) is 0.0899. The molecule has 8 nitrogen and oxygen atoms in total. The van der Waals surface area contributed by atoms with Crippen molar-refractivity contribution in [3.63, 3.8) is 0 Å². The Labute approximate surface area is 437 Å². The first kappa shape index (κ1) is 54.6. The van der Waals surface area contributed by atoms with Crippen molar-refractivity contribution in [3.8, 4) is 0 Å². The number of ether oxygens (including phenoxy) is 2. The predicted octanol–water partition coefficient (Wildman–Crippen LogP) is 10.1. The van der Waals surface area contributed by atoms with Crippen LogP contribution in [-0.2, 0) is 18.3 Å². The topological polar surface area (TPSA) is 77.5 Å². The van der Waals surface area contributed by atoms with E-state index in [1.807, 2.05) is 0 Å². The summed E-state index contributed by atoms with van der Waals surface area (Å²) < 4.78 is 34.7. The summed E-state index contributed by atoms with van der Waals surface area (Å²) in [6, 6.07) is 64.9. The molecule has 2 aliphatic heterocycles. The molecule has 0 aliphatic carbocycles. The van der Waals surface area contributed by atoms with Gasteiger partial charge in [0.1, 0.15) is 0 Å². The van der Waals surface area contributed by atoms with Gasteiger partial charge < -0.3 is 0 Å². The molecule has 0 N–H and O–H groups in total. The van der Waals surface area contributed by atoms with E-state index >= 15 is 0 Å². The van der Waals surface area contributed by atoms with Gasteiger partial charge in [-0.2, -0.15) is 0 Å². The van der Waals surface area contributed by atoms with Crippen molar-refractivity contribution in [1.29, 1.82) is 0 Å². The molecule has 6 aromatic rings. The van der Waals surface area contributed by atoms with Crippen LogP contribution < -0.4 is 26.4 Å². The van der Waals surface area contributed by atoms with Gasteiger partial charge in [-0.15, -0.1) is 0 Å². The van der Waals surface area contributed by atoms with Gasteiger partial charge in [-0.3, -0.25) is 0 Å². The summed E-state index contributed by atoms with van der Waals surface area (Å²) in [4.78, 5) is 28.8. The number of hydrogen-bond acceptors (Lipinski definition) is 6. The Hall–Kier alpha value is -5.22. The number of nitrogens with zero attached hydrogens (tertiary/aromatic N) is 2. The number of amides is 2. The second-order valence-electron chi connectivity index (χ2n) is 21.7. The van der Waals surface area contributed by atoms with E-state index in [0.717, 1.165) is 0 Å². The number of carbonyl (C=O) groups excluding carboxylic acids is 2. The fourth-order valence-corrected chi connectivity index (χ4v) is 31.9. The van der Waals surface area contributed by atoms with Crippen molar-refractivity contribution in [2.24, 2.45) is 0 Å². The third-order valence-corrected chi connectivity index (χ3v) is 44.4. The predicted molar refractivity (Wildman–Crippen MR) is 307 cm³/mol. The average molecular weight is 1120 g/mol. The summed E-state index contributed by atoms with van der Waals surface area (Å²) >= 11 is -7.10. The summed E-state index contributed by atoms with van der Waals surface area (Å²) in [6.07, 6.45) is 3.56. The zero-order chi connectivity index (χ0) is 51.6. The van der Waals surface area contributed by atoms with E-state index in [2.05, 4.69) is 262 Å². The standard InChI is InChI=1S/2C30H37GeNO3Si/c2*1-30(2,3)36(4,5)35-24-28(23-32-21-22-34-29(32)33)31(25-15-9-6-10-16-25,26-17-11-7-12-18-26)27-19-13-8-14-20-27/h2*6-20,23H,21-22,24H2,1-5H3/b2*28-23+. The van der Waals surface area contributed by atoms with Crippen LogP contribution in [0, 0.1) is 0 Å². The summed E-state index contributed by atoms with van der Waals surface area (Å²) in [7, 11) is -4.14. The number of benzene rings is 6. The maximum atomic E-state index is 12.7. The first-order chi connectivity index (χ1) is 34.3. The molecule has 2 fully saturated rings. The fraction of sp³-hybridized carbons (Fsp3) is 0.300. The second-order valence-corrected chi connectivity index (χ2v) is 47.6. The number of cyclic esters (lactones) is 2. The van der Waals surface area contributed by atoms with Crippen molar-refractivity contribution >= 4 is 81.7 Å². The minimum absolute atomic E-state index is 0.0760. The molecule has 0 radical (unpaired) electrons. The summed E-state index contributed by atoms with van der Waals surface area (Å²) in [5.41, 5.74) is 0. The van der Waals surface area contributed by atoms with Crippen LogP contribution in [0.25, 0.3) is 0 Å². The zero-order valence-corrected chi connectivity index (χ0v) is 50.3. The normalized spacial score (nSPS) is 15.2. The van der Waals surface area contributed by atoms with Crippen LogP contribution in [0.4, 0.5) is 9.59 Å². The number of rotatable bonds is 16. The van der Waals surface area contributed by atoms with E-state index in [-0.39, 0.29) is 22.3 Å². The molecular formula is C60H74Ge2N2O6Si2. The van der Waals surface area contributed by atoms with Gasteiger partial charge in [0.25, 0.3) is 0 Å². The monoisotopic (exact) mass is 1120 g/mol. The first-order valence-corrected chi connectivity index (χ1v) is 39.4. The third-order valence-electron chi connectivity index (χ3n) is 15.2. The Morgan fingerprint density at radius 3 is 0.847 bits per heavy atom. The molecule has 0 aromatic heterocycles. The van der Waals surface area contributed by atoms with Gasteiger partial charge in [0.2, 0.25) is 0 Å². The number of hydrogen-bond donors (Lipinski definition) is 0. The SMILES string of the molecule is CC(C)(C)[Si](C)(C)OC/[C](=C\N1CCOC1=O)[Ge]([c]1ccccc1)([c]1ccccc1)[c]1ccccc1.CC(C)(C)[Si](C)(C)OC/[C](=C\N1CCOC1=O)[Ge]([c]1ccccc1)([c]1ccccc1)[c]1ccccc1. The van der Waals surface area contributed by atoms with Crippen LogP contribution in [0.5, 0.6) is 0 Å². The molecule has 376 valence electrons. The van der Waals surface area contributed by atoms with Gasteiger partial charge in [0.15, 0.2) is 0 Å². The summed E-state index contributed by atoms with van der Waals surface area (Å²) in [5.74, 6) is 0. The van der Waals surface area contributed by atoms with Crippen molar-refractivity contribution in [1.82, 2.24) is 9.80 Å².